The van der Waals surface area contributed by atoms with Gasteiger partial charge in [0.1, 0.15) is 6.07 Å². The Bertz CT molecular complexity index is 455. The Kier molecular flexibility index (Phi) is 7.12. The fourth-order valence-electron chi connectivity index (χ4n) is 1.80. The van der Waals surface area contributed by atoms with Crippen LogP contribution in [-0.4, -0.2) is 11.3 Å². The summed E-state index contributed by atoms with van der Waals surface area (Å²) in [6.07, 6.45) is 3.73. The van der Waals surface area contributed by atoms with E-state index in [-0.39, 0.29) is 5.54 Å². The number of thioether (sulfide) groups is 1. The molecule has 0 unspecified atom stereocenters. The summed E-state index contributed by atoms with van der Waals surface area (Å²) in [6, 6.07) is 8.56. The topological polar surface area (TPSA) is 35.8 Å². The Morgan fingerprint density at radius 1 is 1.25 bits per heavy atom. The van der Waals surface area contributed by atoms with Gasteiger partial charge in [0.25, 0.3) is 0 Å². The minimum atomic E-state index is 0.0976. The summed E-state index contributed by atoms with van der Waals surface area (Å²) in [6.45, 7) is 9.46. The maximum absolute atomic E-state index is 9.29. The van der Waals surface area contributed by atoms with Gasteiger partial charge in [-0.25, -0.2) is 0 Å². The van der Waals surface area contributed by atoms with E-state index in [1.54, 1.807) is 11.8 Å². The molecular weight excluding hydrogens is 264 g/mol. The Morgan fingerprint density at radius 3 is 2.60 bits per heavy atom. The van der Waals surface area contributed by atoms with Crippen molar-refractivity contribution in [1.82, 2.24) is 5.32 Å². The van der Waals surface area contributed by atoms with Crippen molar-refractivity contribution in [2.45, 2.75) is 63.9 Å². The molecule has 1 aromatic carbocycles. The third kappa shape index (κ3) is 6.45. The normalized spacial score (nSPS) is 11.3. The molecule has 0 saturated heterocycles. The number of benzene rings is 1. The summed E-state index contributed by atoms with van der Waals surface area (Å²) in [5, 5.41) is 12.7. The first-order valence-electron chi connectivity index (χ1n) is 7.37. The van der Waals surface area contributed by atoms with Crippen molar-refractivity contribution >= 4 is 11.8 Å². The van der Waals surface area contributed by atoms with Gasteiger partial charge in [0.2, 0.25) is 0 Å². The summed E-state index contributed by atoms with van der Waals surface area (Å²) in [5.41, 5.74) is 2.08. The van der Waals surface area contributed by atoms with Gasteiger partial charge in [-0.2, -0.15) is 5.26 Å². The predicted molar refractivity (Wildman–Crippen MR) is 88.0 cm³/mol. The molecule has 1 rings (SSSR count). The number of hydrogen-bond donors (Lipinski definition) is 1. The third-order valence-electron chi connectivity index (χ3n) is 2.99. The van der Waals surface area contributed by atoms with Gasteiger partial charge in [-0.05, 0) is 50.6 Å². The maximum Gasteiger partial charge on any atom is 0.100 e. The summed E-state index contributed by atoms with van der Waals surface area (Å²) >= 11 is 1.80. The highest BCUT2D eigenvalue weighted by Crippen LogP contribution is 2.24. The number of nitriles is 1. The van der Waals surface area contributed by atoms with E-state index in [2.05, 4.69) is 51.2 Å². The maximum atomic E-state index is 9.29. The first-order valence-corrected chi connectivity index (χ1v) is 8.35. The fourth-order valence-corrected chi connectivity index (χ4v) is 2.79. The average Bonchev–Trinajstić information content (AvgIpc) is 2.41. The molecule has 0 amide bonds. The van der Waals surface area contributed by atoms with Crippen molar-refractivity contribution in [2.75, 3.05) is 5.75 Å². The van der Waals surface area contributed by atoms with Crippen molar-refractivity contribution in [2.24, 2.45) is 0 Å². The zero-order valence-corrected chi connectivity index (χ0v) is 13.9. The van der Waals surface area contributed by atoms with Gasteiger partial charge < -0.3 is 5.32 Å². The van der Waals surface area contributed by atoms with Crippen LogP contribution < -0.4 is 5.32 Å². The molecular formula is C17H26N2S. The van der Waals surface area contributed by atoms with E-state index in [9.17, 15) is 5.26 Å². The van der Waals surface area contributed by atoms with Crippen LogP contribution in [0.3, 0.4) is 0 Å². The fraction of sp³-hybridized carbons (Fsp3) is 0.588. The Balaban J connectivity index is 2.63. The Labute approximate surface area is 128 Å². The van der Waals surface area contributed by atoms with E-state index >= 15 is 0 Å². The molecule has 110 valence electrons. The van der Waals surface area contributed by atoms with Crippen LogP contribution in [0.25, 0.3) is 0 Å². The standard InChI is InChI=1S/C17H26N2S/c1-5-6-7-10-20-16-9-8-14(11-15(16)12-18)13-19-17(2,3)4/h8-9,11,19H,5-7,10,13H2,1-4H3. The zero-order chi connectivity index (χ0) is 15.0. The van der Waals surface area contributed by atoms with Gasteiger partial charge in [0.15, 0.2) is 0 Å². The lowest BCUT2D eigenvalue weighted by atomic mass is 10.1. The SMILES string of the molecule is CCCCCSc1ccc(CNC(C)(C)C)cc1C#N. The van der Waals surface area contributed by atoms with Gasteiger partial charge >= 0.3 is 0 Å². The second-order valence-electron chi connectivity index (χ2n) is 6.10. The van der Waals surface area contributed by atoms with Crippen LogP contribution in [-0.2, 0) is 6.54 Å². The quantitative estimate of drug-likeness (QED) is 0.582. The van der Waals surface area contributed by atoms with E-state index in [4.69, 9.17) is 0 Å². The summed E-state index contributed by atoms with van der Waals surface area (Å²) < 4.78 is 0. The molecule has 0 aliphatic carbocycles. The lowest BCUT2D eigenvalue weighted by molar-refractivity contribution is 0.424. The average molecular weight is 290 g/mol. The first-order chi connectivity index (χ1) is 9.46. The second kappa shape index (κ2) is 8.34. The Hall–Kier alpha value is -0.980. The molecule has 3 heteroatoms. The molecule has 0 aliphatic heterocycles. The minimum absolute atomic E-state index is 0.0976. The molecule has 0 radical (unpaired) electrons. The molecule has 0 aromatic heterocycles. The van der Waals surface area contributed by atoms with Gasteiger partial charge in [0.05, 0.1) is 5.56 Å². The van der Waals surface area contributed by atoms with E-state index in [0.717, 1.165) is 22.8 Å². The molecule has 0 aliphatic rings. The van der Waals surface area contributed by atoms with Crippen LogP contribution in [0.5, 0.6) is 0 Å². The van der Waals surface area contributed by atoms with Gasteiger partial charge in [-0.15, -0.1) is 11.8 Å². The summed E-state index contributed by atoms with van der Waals surface area (Å²) in [5.74, 6) is 1.10. The Morgan fingerprint density at radius 2 is 2.00 bits per heavy atom. The van der Waals surface area contributed by atoms with Crippen molar-refractivity contribution in [1.29, 1.82) is 5.26 Å². The molecule has 0 saturated carbocycles. The molecule has 0 heterocycles. The zero-order valence-electron chi connectivity index (χ0n) is 13.1. The highest BCUT2D eigenvalue weighted by Gasteiger charge is 2.10. The molecule has 0 fully saturated rings. The predicted octanol–water partition coefficient (Wildman–Crippen LogP) is 4.73. The van der Waals surface area contributed by atoms with E-state index in [0.29, 0.717) is 0 Å². The van der Waals surface area contributed by atoms with Crippen molar-refractivity contribution in [3.63, 3.8) is 0 Å². The van der Waals surface area contributed by atoms with Gasteiger partial charge in [0, 0.05) is 17.0 Å². The molecule has 0 atom stereocenters. The van der Waals surface area contributed by atoms with Crippen molar-refractivity contribution in [3.05, 3.63) is 29.3 Å². The molecule has 0 spiro atoms. The lowest BCUT2D eigenvalue weighted by Crippen LogP contribution is -2.35. The number of hydrogen-bond acceptors (Lipinski definition) is 3. The molecule has 2 nitrogen and oxygen atoms in total. The second-order valence-corrected chi connectivity index (χ2v) is 7.24. The molecule has 1 aromatic rings. The van der Waals surface area contributed by atoms with Crippen LogP contribution in [0.2, 0.25) is 0 Å². The van der Waals surface area contributed by atoms with Crippen LogP contribution in [0.15, 0.2) is 23.1 Å². The molecule has 20 heavy (non-hydrogen) atoms. The van der Waals surface area contributed by atoms with Gasteiger partial charge in [-0.3, -0.25) is 0 Å². The highest BCUT2D eigenvalue weighted by atomic mass is 32.2. The first kappa shape index (κ1) is 17.1. The molecule has 1 N–H and O–H groups in total. The third-order valence-corrected chi connectivity index (χ3v) is 4.15. The number of nitrogens with one attached hydrogen (secondary N) is 1. The largest absolute Gasteiger partial charge is 0.308 e. The number of nitrogens with zero attached hydrogens (tertiary/aromatic N) is 1. The van der Waals surface area contributed by atoms with E-state index in [1.165, 1.54) is 24.8 Å². The van der Waals surface area contributed by atoms with Crippen LogP contribution >= 0.6 is 11.8 Å². The lowest BCUT2D eigenvalue weighted by Gasteiger charge is -2.20. The van der Waals surface area contributed by atoms with Crippen molar-refractivity contribution in [3.8, 4) is 6.07 Å². The van der Waals surface area contributed by atoms with Crippen molar-refractivity contribution < 1.29 is 0 Å². The van der Waals surface area contributed by atoms with Gasteiger partial charge in [-0.1, -0.05) is 25.8 Å². The summed E-state index contributed by atoms with van der Waals surface area (Å²) in [7, 11) is 0. The van der Waals surface area contributed by atoms with Crippen LogP contribution in [0.1, 0.15) is 58.1 Å². The van der Waals surface area contributed by atoms with E-state index < -0.39 is 0 Å². The monoisotopic (exact) mass is 290 g/mol. The number of unbranched alkanes of at least 4 members (excludes halogenated alkanes) is 2. The van der Waals surface area contributed by atoms with Crippen LogP contribution in [0, 0.1) is 11.3 Å². The highest BCUT2D eigenvalue weighted by molar-refractivity contribution is 7.99. The van der Waals surface area contributed by atoms with Crippen LogP contribution in [0.4, 0.5) is 0 Å². The smallest absolute Gasteiger partial charge is 0.100 e. The summed E-state index contributed by atoms with van der Waals surface area (Å²) in [4.78, 5) is 1.11. The molecule has 0 bridgehead atoms. The number of rotatable bonds is 7. The minimum Gasteiger partial charge on any atom is -0.308 e. The van der Waals surface area contributed by atoms with E-state index in [1.807, 2.05) is 6.07 Å².